The monoisotopic (exact) mass is 298 g/mol. The number of anilines is 2. The molecule has 1 heterocycles. The van der Waals surface area contributed by atoms with Crippen LogP contribution in [0.15, 0.2) is 36.4 Å². The van der Waals surface area contributed by atoms with E-state index in [9.17, 15) is 0 Å². The van der Waals surface area contributed by atoms with Gasteiger partial charge in [0.2, 0.25) is 0 Å². The average Bonchev–Trinajstić information content (AvgIpc) is 2.79. The van der Waals surface area contributed by atoms with Gasteiger partial charge in [-0.25, -0.2) is 4.98 Å². The van der Waals surface area contributed by atoms with Gasteiger partial charge in [-0.05, 0) is 62.2 Å². The molecule has 0 aliphatic heterocycles. The first-order chi connectivity index (χ1) is 10.1. The Kier molecular flexibility index (Phi) is 3.80. The van der Waals surface area contributed by atoms with Crippen molar-refractivity contribution in [1.82, 2.24) is 4.98 Å². The molecule has 0 saturated carbocycles. The number of hydrogen-bond acceptors (Lipinski definition) is 4. The smallest absolute Gasteiger partial charge is 0.188 e. The number of fused-ring (bicyclic) bond motifs is 1. The Bertz CT molecular complexity index is 759. The minimum atomic E-state index is 0.679. The van der Waals surface area contributed by atoms with Crippen molar-refractivity contribution in [2.24, 2.45) is 0 Å². The van der Waals surface area contributed by atoms with E-state index in [1.54, 1.807) is 11.3 Å². The number of aromatic nitrogens is 1. The van der Waals surface area contributed by atoms with Crippen LogP contribution < -0.4 is 10.1 Å². The molecule has 0 bridgehead atoms. The van der Waals surface area contributed by atoms with Crippen LogP contribution in [0.3, 0.4) is 0 Å². The Hall–Kier alpha value is -2.07. The summed E-state index contributed by atoms with van der Waals surface area (Å²) in [5, 5.41) is 4.30. The molecular formula is C17H18N2OS. The summed E-state index contributed by atoms with van der Waals surface area (Å²) in [4.78, 5) is 4.62. The standard InChI is InChI=1S/C17H18N2OS/c1-4-20-14-5-6-15-16(10-14)21-17(19-15)18-13-8-11(2)7-12(3)9-13/h5-10H,4H2,1-3H3,(H,18,19). The van der Waals surface area contributed by atoms with Crippen molar-refractivity contribution in [2.45, 2.75) is 20.8 Å². The van der Waals surface area contributed by atoms with Gasteiger partial charge in [0, 0.05) is 5.69 Å². The molecule has 0 spiro atoms. The molecule has 3 nitrogen and oxygen atoms in total. The first-order valence-electron chi connectivity index (χ1n) is 7.03. The summed E-state index contributed by atoms with van der Waals surface area (Å²) in [6.45, 7) is 6.87. The normalized spacial score (nSPS) is 10.8. The van der Waals surface area contributed by atoms with Crippen LogP contribution in [0.5, 0.6) is 5.75 Å². The van der Waals surface area contributed by atoms with Crippen molar-refractivity contribution in [1.29, 1.82) is 0 Å². The molecule has 3 rings (SSSR count). The zero-order valence-corrected chi connectivity index (χ0v) is 13.3. The largest absolute Gasteiger partial charge is 0.494 e. The Morgan fingerprint density at radius 1 is 1.10 bits per heavy atom. The van der Waals surface area contributed by atoms with Gasteiger partial charge in [0.1, 0.15) is 5.75 Å². The summed E-state index contributed by atoms with van der Waals surface area (Å²) in [6, 6.07) is 12.4. The maximum Gasteiger partial charge on any atom is 0.188 e. The average molecular weight is 298 g/mol. The quantitative estimate of drug-likeness (QED) is 0.731. The van der Waals surface area contributed by atoms with E-state index >= 15 is 0 Å². The van der Waals surface area contributed by atoms with Crippen LogP contribution in [-0.4, -0.2) is 11.6 Å². The van der Waals surface area contributed by atoms with Gasteiger partial charge in [0.05, 0.1) is 16.8 Å². The van der Waals surface area contributed by atoms with Crippen LogP contribution in [0.2, 0.25) is 0 Å². The zero-order chi connectivity index (χ0) is 14.8. The number of nitrogens with one attached hydrogen (secondary N) is 1. The topological polar surface area (TPSA) is 34.1 Å². The van der Waals surface area contributed by atoms with Gasteiger partial charge in [-0.2, -0.15) is 0 Å². The summed E-state index contributed by atoms with van der Waals surface area (Å²) < 4.78 is 6.66. The van der Waals surface area contributed by atoms with Gasteiger partial charge in [-0.1, -0.05) is 17.4 Å². The Balaban J connectivity index is 1.90. The van der Waals surface area contributed by atoms with Crippen molar-refractivity contribution in [3.8, 4) is 5.75 Å². The molecular weight excluding hydrogens is 280 g/mol. The van der Waals surface area contributed by atoms with Crippen molar-refractivity contribution >= 4 is 32.4 Å². The summed E-state index contributed by atoms with van der Waals surface area (Å²) in [5.74, 6) is 0.895. The molecule has 0 atom stereocenters. The van der Waals surface area contributed by atoms with E-state index in [2.05, 4.69) is 42.3 Å². The fourth-order valence-electron chi connectivity index (χ4n) is 2.39. The predicted molar refractivity (Wildman–Crippen MR) is 90.0 cm³/mol. The molecule has 3 aromatic rings. The van der Waals surface area contributed by atoms with E-state index in [-0.39, 0.29) is 0 Å². The summed E-state index contributed by atoms with van der Waals surface area (Å²) in [6.07, 6.45) is 0. The van der Waals surface area contributed by atoms with Gasteiger partial charge in [0.15, 0.2) is 5.13 Å². The number of thiazole rings is 1. The number of ether oxygens (including phenoxy) is 1. The van der Waals surface area contributed by atoms with E-state index in [1.807, 2.05) is 25.1 Å². The predicted octanol–water partition coefficient (Wildman–Crippen LogP) is 5.06. The fourth-order valence-corrected chi connectivity index (χ4v) is 3.30. The highest BCUT2D eigenvalue weighted by Crippen LogP contribution is 2.31. The van der Waals surface area contributed by atoms with E-state index in [0.29, 0.717) is 6.61 Å². The molecule has 1 N–H and O–H groups in total. The van der Waals surface area contributed by atoms with Crippen LogP contribution >= 0.6 is 11.3 Å². The van der Waals surface area contributed by atoms with Crippen LogP contribution in [0.4, 0.5) is 10.8 Å². The number of benzene rings is 2. The highest BCUT2D eigenvalue weighted by Gasteiger charge is 2.06. The maximum atomic E-state index is 5.53. The molecule has 1 aromatic heterocycles. The molecule has 0 fully saturated rings. The van der Waals surface area contributed by atoms with Crippen molar-refractivity contribution < 1.29 is 4.74 Å². The lowest BCUT2D eigenvalue weighted by Crippen LogP contribution is -1.91. The lowest BCUT2D eigenvalue weighted by atomic mass is 10.1. The van der Waals surface area contributed by atoms with Gasteiger partial charge in [-0.3, -0.25) is 0 Å². The first-order valence-corrected chi connectivity index (χ1v) is 7.84. The van der Waals surface area contributed by atoms with Crippen LogP contribution in [0.1, 0.15) is 18.1 Å². The van der Waals surface area contributed by atoms with E-state index in [4.69, 9.17) is 4.74 Å². The third-order valence-corrected chi connectivity index (χ3v) is 4.08. The van der Waals surface area contributed by atoms with E-state index in [0.717, 1.165) is 26.8 Å². The second kappa shape index (κ2) is 5.74. The number of hydrogen-bond donors (Lipinski definition) is 1. The minimum absolute atomic E-state index is 0.679. The van der Waals surface area contributed by atoms with Crippen molar-refractivity contribution in [2.75, 3.05) is 11.9 Å². The molecule has 4 heteroatoms. The second-order valence-corrected chi connectivity index (χ2v) is 6.11. The second-order valence-electron chi connectivity index (χ2n) is 5.08. The van der Waals surface area contributed by atoms with Crippen LogP contribution in [-0.2, 0) is 0 Å². The molecule has 0 saturated heterocycles. The van der Waals surface area contributed by atoms with E-state index < -0.39 is 0 Å². The molecule has 0 radical (unpaired) electrons. The SMILES string of the molecule is CCOc1ccc2nc(Nc3cc(C)cc(C)c3)sc2c1. The van der Waals surface area contributed by atoms with Crippen LogP contribution in [0.25, 0.3) is 10.2 Å². The molecule has 0 amide bonds. The highest BCUT2D eigenvalue weighted by atomic mass is 32.1. The zero-order valence-electron chi connectivity index (χ0n) is 12.4. The van der Waals surface area contributed by atoms with Crippen molar-refractivity contribution in [3.05, 3.63) is 47.5 Å². The molecule has 0 unspecified atom stereocenters. The molecule has 0 aliphatic rings. The number of rotatable bonds is 4. The molecule has 21 heavy (non-hydrogen) atoms. The third kappa shape index (κ3) is 3.16. The minimum Gasteiger partial charge on any atom is -0.494 e. The molecule has 2 aromatic carbocycles. The van der Waals surface area contributed by atoms with E-state index in [1.165, 1.54) is 11.1 Å². The Labute approximate surface area is 128 Å². The fraction of sp³-hybridized carbons (Fsp3) is 0.235. The summed E-state index contributed by atoms with van der Waals surface area (Å²) >= 11 is 1.64. The Morgan fingerprint density at radius 2 is 1.86 bits per heavy atom. The third-order valence-electron chi connectivity index (χ3n) is 3.14. The lowest BCUT2D eigenvalue weighted by molar-refractivity contribution is 0.341. The summed E-state index contributed by atoms with van der Waals surface area (Å²) in [5.41, 5.74) is 4.57. The van der Waals surface area contributed by atoms with Gasteiger partial charge in [-0.15, -0.1) is 0 Å². The molecule has 0 aliphatic carbocycles. The number of aryl methyl sites for hydroxylation is 2. The van der Waals surface area contributed by atoms with Gasteiger partial charge >= 0.3 is 0 Å². The van der Waals surface area contributed by atoms with Crippen molar-refractivity contribution in [3.63, 3.8) is 0 Å². The lowest BCUT2D eigenvalue weighted by Gasteiger charge is -2.05. The number of nitrogens with zero attached hydrogens (tertiary/aromatic N) is 1. The van der Waals surface area contributed by atoms with Gasteiger partial charge in [0.25, 0.3) is 0 Å². The molecule has 108 valence electrons. The summed E-state index contributed by atoms with van der Waals surface area (Å²) in [7, 11) is 0. The Morgan fingerprint density at radius 3 is 2.57 bits per heavy atom. The maximum absolute atomic E-state index is 5.53. The first kappa shape index (κ1) is 13.9. The van der Waals surface area contributed by atoms with Gasteiger partial charge < -0.3 is 10.1 Å². The highest BCUT2D eigenvalue weighted by molar-refractivity contribution is 7.22. The van der Waals surface area contributed by atoms with Crippen LogP contribution in [0, 0.1) is 13.8 Å².